The van der Waals surface area contributed by atoms with Crippen LogP contribution in [0.25, 0.3) is 5.65 Å². The van der Waals surface area contributed by atoms with Crippen LogP contribution in [0.1, 0.15) is 0 Å². The van der Waals surface area contributed by atoms with Crippen molar-refractivity contribution >= 4 is 11.5 Å². The van der Waals surface area contributed by atoms with E-state index >= 15 is 0 Å². The van der Waals surface area contributed by atoms with Gasteiger partial charge in [-0.2, -0.15) is 9.38 Å². The zero-order valence-electron chi connectivity index (χ0n) is 10.1. The number of pyridine rings is 1. The topological polar surface area (TPSA) is 69.7 Å². The van der Waals surface area contributed by atoms with Crippen LogP contribution in [0.4, 0.5) is 10.2 Å². The van der Waals surface area contributed by atoms with Gasteiger partial charge in [-0.1, -0.05) is 12.1 Å². The Hall–Kier alpha value is -2.96. The summed E-state index contributed by atoms with van der Waals surface area (Å²) in [7, 11) is 0. The summed E-state index contributed by atoms with van der Waals surface area (Å²) in [6, 6.07) is 10.3. The maximum atomic E-state index is 13.1. The molecule has 0 bridgehead atoms. The molecule has 20 heavy (non-hydrogen) atoms. The lowest BCUT2D eigenvalue weighted by Gasteiger charge is -2.02. The highest BCUT2D eigenvalue weighted by atomic mass is 19.1. The fourth-order valence-corrected chi connectivity index (χ4v) is 1.84. The molecule has 0 radical (unpaired) electrons. The summed E-state index contributed by atoms with van der Waals surface area (Å²) in [5.41, 5.74) is 0.380. The zero-order chi connectivity index (χ0) is 14.1. The monoisotopic (exact) mass is 273 g/mol. The van der Waals surface area contributed by atoms with Crippen LogP contribution in [-0.2, 0) is 0 Å². The average molecular weight is 273 g/mol. The van der Waals surface area contributed by atoms with Crippen molar-refractivity contribution in [1.29, 1.82) is 0 Å². The van der Waals surface area contributed by atoms with Crippen molar-refractivity contribution in [2.75, 3.05) is 0 Å². The van der Waals surface area contributed by atoms with Gasteiger partial charge in [0.05, 0.1) is 6.20 Å². The van der Waals surface area contributed by atoms with E-state index in [1.165, 1.54) is 28.8 Å². The molecule has 0 saturated heterocycles. The summed E-state index contributed by atoms with van der Waals surface area (Å²) in [5.74, 6) is -0.818. The molecule has 0 atom stereocenters. The SMILES string of the molecule is O=[N+]([O-])c1c(Oc2cccc(F)c2)nc2ccccn12. The quantitative estimate of drug-likeness (QED) is 0.543. The number of halogens is 1. The van der Waals surface area contributed by atoms with Crippen LogP contribution in [0.2, 0.25) is 0 Å². The minimum absolute atomic E-state index is 0.150. The fraction of sp³-hybridized carbons (Fsp3) is 0. The highest BCUT2D eigenvalue weighted by molar-refractivity contribution is 5.53. The Morgan fingerprint density at radius 3 is 2.85 bits per heavy atom. The van der Waals surface area contributed by atoms with Gasteiger partial charge in [-0.15, -0.1) is 0 Å². The van der Waals surface area contributed by atoms with Crippen molar-refractivity contribution in [3.05, 3.63) is 64.6 Å². The van der Waals surface area contributed by atoms with Gasteiger partial charge in [-0.25, -0.2) is 4.39 Å². The van der Waals surface area contributed by atoms with E-state index in [0.717, 1.165) is 6.07 Å². The van der Waals surface area contributed by atoms with Crippen LogP contribution in [0.5, 0.6) is 11.6 Å². The van der Waals surface area contributed by atoms with Gasteiger partial charge in [0.25, 0.3) is 0 Å². The molecule has 0 N–H and O–H groups in total. The van der Waals surface area contributed by atoms with E-state index in [4.69, 9.17) is 4.74 Å². The number of ether oxygens (including phenoxy) is 1. The van der Waals surface area contributed by atoms with Crippen molar-refractivity contribution in [3.63, 3.8) is 0 Å². The Morgan fingerprint density at radius 2 is 2.10 bits per heavy atom. The normalized spacial score (nSPS) is 10.7. The summed E-state index contributed by atoms with van der Waals surface area (Å²) in [5, 5.41) is 11.1. The largest absolute Gasteiger partial charge is 0.432 e. The first-order valence-electron chi connectivity index (χ1n) is 5.70. The molecule has 0 saturated carbocycles. The summed E-state index contributed by atoms with van der Waals surface area (Å²) >= 11 is 0. The Balaban J connectivity index is 2.11. The second-order valence-electron chi connectivity index (χ2n) is 3.99. The summed E-state index contributed by atoms with van der Waals surface area (Å²) < 4.78 is 19.7. The van der Waals surface area contributed by atoms with E-state index < -0.39 is 10.7 Å². The lowest BCUT2D eigenvalue weighted by molar-refractivity contribution is -0.391. The number of imidazole rings is 1. The van der Waals surface area contributed by atoms with Crippen molar-refractivity contribution in [2.24, 2.45) is 0 Å². The van der Waals surface area contributed by atoms with E-state index in [1.54, 1.807) is 18.2 Å². The van der Waals surface area contributed by atoms with Gasteiger partial charge in [-0.05, 0) is 23.1 Å². The summed E-state index contributed by atoms with van der Waals surface area (Å²) in [6.07, 6.45) is 1.51. The van der Waals surface area contributed by atoms with Crippen LogP contribution in [0.15, 0.2) is 48.7 Å². The van der Waals surface area contributed by atoms with E-state index in [9.17, 15) is 14.5 Å². The number of hydrogen-bond donors (Lipinski definition) is 0. The second-order valence-corrected chi connectivity index (χ2v) is 3.99. The van der Waals surface area contributed by atoms with Crippen molar-refractivity contribution in [2.45, 2.75) is 0 Å². The maximum absolute atomic E-state index is 13.1. The van der Waals surface area contributed by atoms with Crippen molar-refractivity contribution < 1.29 is 14.1 Å². The molecule has 0 amide bonds. The highest BCUT2D eigenvalue weighted by Crippen LogP contribution is 2.31. The van der Waals surface area contributed by atoms with Crippen LogP contribution in [0, 0.1) is 15.9 Å². The van der Waals surface area contributed by atoms with Gasteiger partial charge in [0.2, 0.25) is 5.65 Å². The predicted molar refractivity (Wildman–Crippen MR) is 68.3 cm³/mol. The predicted octanol–water partition coefficient (Wildman–Crippen LogP) is 3.17. The third-order valence-electron chi connectivity index (χ3n) is 2.66. The minimum atomic E-state index is -0.589. The van der Waals surface area contributed by atoms with Gasteiger partial charge >= 0.3 is 11.7 Å². The van der Waals surface area contributed by atoms with Gasteiger partial charge < -0.3 is 14.9 Å². The zero-order valence-corrected chi connectivity index (χ0v) is 10.1. The number of nitrogens with zero attached hydrogens (tertiary/aromatic N) is 3. The number of hydrogen-bond acceptors (Lipinski definition) is 4. The van der Waals surface area contributed by atoms with Crippen LogP contribution < -0.4 is 4.74 Å². The first-order valence-corrected chi connectivity index (χ1v) is 5.70. The van der Waals surface area contributed by atoms with Gasteiger partial charge in [0.15, 0.2) is 0 Å². The number of rotatable bonds is 3. The van der Waals surface area contributed by atoms with Gasteiger partial charge in [-0.3, -0.25) is 0 Å². The molecular formula is C13H8FN3O3. The molecule has 2 aromatic heterocycles. The Bertz CT molecular complexity index is 800. The third-order valence-corrected chi connectivity index (χ3v) is 2.66. The third kappa shape index (κ3) is 2.05. The lowest BCUT2D eigenvalue weighted by Crippen LogP contribution is -1.96. The molecule has 100 valence electrons. The molecule has 0 aliphatic heterocycles. The van der Waals surface area contributed by atoms with Gasteiger partial charge in [0, 0.05) is 12.1 Å². The number of aromatic nitrogens is 2. The molecule has 2 heterocycles. The number of nitro groups is 1. The minimum Gasteiger partial charge on any atom is -0.432 e. The molecule has 0 aliphatic rings. The molecule has 0 unspecified atom stereocenters. The lowest BCUT2D eigenvalue weighted by atomic mass is 10.3. The molecule has 6 nitrogen and oxygen atoms in total. The smallest absolute Gasteiger partial charge is 0.392 e. The van der Waals surface area contributed by atoms with Crippen LogP contribution in [0.3, 0.4) is 0 Å². The van der Waals surface area contributed by atoms with Crippen molar-refractivity contribution in [1.82, 2.24) is 9.38 Å². The number of benzene rings is 1. The molecule has 7 heteroatoms. The second kappa shape index (κ2) is 4.61. The molecule has 3 rings (SSSR count). The Morgan fingerprint density at radius 1 is 1.25 bits per heavy atom. The molecular weight excluding hydrogens is 265 g/mol. The van der Waals surface area contributed by atoms with Crippen LogP contribution >= 0.6 is 0 Å². The van der Waals surface area contributed by atoms with E-state index in [2.05, 4.69) is 4.98 Å². The standard InChI is InChI=1S/C13H8FN3O3/c14-9-4-3-5-10(8-9)20-12-13(17(18)19)16-7-2-1-6-11(16)15-12/h1-8H. The maximum Gasteiger partial charge on any atom is 0.392 e. The van der Waals surface area contributed by atoms with E-state index in [0.29, 0.717) is 5.65 Å². The van der Waals surface area contributed by atoms with Crippen molar-refractivity contribution in [3.8, 4) is 11.6 Å². The average Bonchev–Trinajstić information content (AvgIpc) is 2.76. The highest BCUT2D eigenvalue weighted by Gasteiger charge is 2.24. The molecule has 0 aliphatic carbocycles. The van der Waals surface area contributed by atoms with E-state index in [1.807, 2.05) is 0 Å². The first kappa shape index (κ1) is 12.1. The Kier molecular flexibility index (Phi) is 2.79. The molecule has 3 aromatic rings. The van der Waals surface area contributed by atoms with Gasteiger partial charge in [0.1, 0.15) is 11.6 Å². The summed E-state index contributed by atoms with van der Waals surface area (Å²) in [6.45, 7) is 0. The summed E-state index contributed by atoms with van der Waals surface area (Å²) in [4.78, 5) is 14.6. The molecule has 1 aromatic carbocycles. The Labute approximate surface area is 112 Å². The number of fused-ring (bicyclic) bond motifs is 1. The molecule has 0 spiro atoms. The van der Waals surface area contributed by atoms with E-state index in [-0.39, 0.29) is 17.4 Å². The molecule has 0 fully saturated rings. The fourth-order valence-electron chi connectivity index (χ4n) is 1.84. The first-order chi connectivity index (χ1) is 9.65. The van der Waals surface area contributed by atoms with Crippen LogP contribution in [-0.4, -0.2) is 14.3 Å².